The van der Waals surface area contributed by atoms with Gasteiger partial charge in [-0.1, -0.05) is 18.2 Å². The average molecular weight is 328 g/mol. The lowest BCUT2D eigenvalue weighted by Crippen LogP contribution is -2.26. The number of fused-ring (bicyclic) bond motifs is 1. The van der Waals surface area contributed by atoms with Gasteiger partial charge in [0.25, 0.3) is 5.95 Å². The van der Waals surface area contributed by atoms with Crippen LogP contribution in [0.15, 0.2) is 35.8 Å². The minimum Gasteiger partial charge on any atom is -0.481 e. The highest BCUT2D eigenvalue weighted by Crippen LogP contribution is 2.65. The number of rotatable bonds is 5. The summed E-state index contributed by atoms with van der Waals surface area (Å²) in [6, 6.07) is 6.54. The van der Waals surface area contributed by atoms with Crippen molar-refractivity contribution >= 4 is 13.6 Å². The van der Waals surface area contributed by atoms with Crippen molar-refractivity contribution in [3.8, 4) is 5.75 Å². The van der Waals surface area contributed by atoms with Gasteiger partial charge in [-0.05, 0) is 13.0 Å². The number of aliphatic hydroxyl groups is 1. The van der Waals surface area contributed by atoms with Crippen LogP contribution in [0.4, 0.5) is 0 Å². The van der Waals surface area contributed by atoms with Crippen molar-refractivity contribution in [3.05, 3.63) is 41.3 Å². The first-order valence-corrected chi connectivity index (χ1v) is 8.17. The van der Waals surface area contributed by atoms with Gasteiger partial charge in [-0.3, -0.25) is 4.57 Å². The molecule has 1 atom stereocenters. The molecule has 0 saturated heterocycles. The van der Waals surface area contributed by atoms with Gasteiger partial charge >= 0.3 is 13.6 Å². The first-order chi connectivity index (χ1) is 10.5. The van der Waals surface area contributed by atoms with Crippen molar-refractivity contribution in [2.75, 3.05) is 20.8 Å². The Morgan fingerprint density at radius 2 is 1.95 bits per heavy atom. The minimum atomic E-state index is -3.76. The molecule has 1 aromatic rings. The summed E-state index contributed by atoms with van der Waals surface area (Å²) < 4.78 is 33.1. The first kappa shape index (κ1) is 16.5. The zero-order chi connectivity index (χ0) is 16.3. The normalized spacial score (nSPS) is 20.1. The molecule has 8 heteroatoms. The SMILES string of the molecule is CCO/C(O)=C1/C(=O)Oc2ccccc2[C@H]1P(=O)(OC)OC. The summed E-state index contributed by atoms with van der Waals surface area (Å²) in [6.07, 6.45) is 0. The number of benzene rings is 1. The zero-order valence-corrected chi connectivity index (χ0v) is 13.3. The van der Waals surface area contributed by atoms with Crippen molar-refractivity contribution in [3.63, 3.8) is 0 Å². The highest BCUT2D eigenvalue weighted by atomic mass is 31.2. The van der Waals surface area contributed by atoms with Gasteiger partial charge in [-0.2, -0.15) is 0 Å². The molecule has 120 valence electrons. The van der Waals surface area contributed by atoms with E-state index in [0.717, 1.165) is 0 Å². The maximum Gasteiger partial charge on any atom is 0.347 e. The smallest absolute Gasteiger partial charge is 0.347 e. The van der Waals surface area contributed by atoms with Crippen LogP contribution >= 0.6 is 7.60 Å². The quantitative estimate of drug-likeness (QED) is 0.292. The van der Waals surface area contributed by atoms with E-state index in [1.54, 1.807) is 31.2 Å². The number of esters is 1. The number of para-hydroxylation sites is 1. The number of aliphatic hydroxyl groups excluding tert-OH is 1. The summed E-state index contributed by atoms with van der Waals surface area (Å²) in [7, 11) is -1.34. The molecule has 0 amide bonds. The van der Waals surface area contributed by atoms with Crippen LogP contribution < -0.4 is 4.74 Å². The van der Waals surface area contributed by atoms with Gasteiger partial charge in [-0.25, -0.2) is 4.79 Å². The molecular formula is C14H17O7P. The van der Waals surface area contributed by atoms with E-state index in [4.69, 9.17) is 18.5 Å². The third-order valence-corrected chi connectivity index (χ3v) is 5.43. The van der Waals surface area contributed by atoms with Crippen LogP contribution in [0.25, 0.3) is 0 Å². The van der Waals surface area contributed by atoms with E-state index < -0.39 is 25.2 Å². The Kier molecular flexibility index (Phi) is 4.90. The van der Waals surface area contributed by atoms with Crippen LogP contribution in [0, 0.1) is 0 Å². The maximum atomic E-state index is 12.9. The molecule has 2 rings (SSSR count). The summed E-state index contributed by atoms with van der Waals surface area (Å²) >= 11 is 0. The van der Waals surface area contributed by atoms with Gasteiger partial charge in [0.2, 0.25) is 0 Å². The predicted octanol–water partition coefficient (Wildman–Crippen LogP) is 2.94. The first-order valence-electron chi connectivity index (χ1n) is 6.56. The molecule has 0 aliphatic carbocycles. The van der Waals surface area contributed by atoms with Gasteiger partial charge in [0.1, 0.15) is 17.0 Å². The molecule has 0 aromatic heterocycles. The van der Waals surface area contributed by atoms with Gasteiger partial charge in [0.15, 0.2) is 0 Å². The Balaban J connectivity index is 2.71. The molecule has 7 nitrogen and oxygen atoms in total. The summed E-state index contributed by atoms with van der Waals surface area (Å²) in [5.74, 6) is -1.27. The Labute approximate surface area is 128 Å². The van der Waals surface area contributed by atoms with Crippen molar-refractivity contribution in [2.24, 2.45) is 0 Å². The number of carbonyl (C=O) groups is 1. The van der Waals surface area contributed by atoms with Crippen LogP contribution in [-0.4, -0.2) is 31.9 Å². The van der Waals surface area contributed by atoms with Crippen molar-refractivity contribution in [1.29, 1.82) is 0 Å². The van der Waals surface area contributed by atoms with E-state index >= 15 is 0 Å². The molecule has 0 bridgehead atoms. The second kappa shape index (κ2) is 6.52. The fourth-order valence-electron chi connectivity index (χ4n) is 2.25. The van der Waals surface area contributed by atoms with Gasteiger partial charge in [-0.15, -0.1) is 0 Å². The molecule has 1 aliphatic rings. The lowest BCUT2D eigenvalue weighted by atomic mass is 10.0. The van der Waals surface area contributed by atoms with Crippen molar-refractivity contribution < 1.29 is 33.0 Å². The van der Waals surface area contributed by atoms with E-state index in [0.29, 0.717) is 5.56 Å². The van der Waals surface area contributed by atoms with Crippen LogP contribution in [0.5, 0.6) is 5.75 Å². The van der Waals surface area contributed by atoms with Crippen molar-refractivity contribution in [2.45, 2.75) is 12.6 Å². The largest absolute Gasteiger partial charge is 0.481 e. The Bertz CT molecular complexity index is 644. The second-order valence-corrected chi connectivity index (χ2v) is 6.71. The van der Waals surface area contributed by atoms with Crippen LogP contribution in [0.3, 0.4) is 0 Å². The molecular weight excluding hydrogens is 311 g/mol. The standard InChI is InChI=1S/C14H17O7P/c1-4-20-13(15)11-12(22(17,18-2)19-3)9-7-5-6-8-10(9)21-14(11)16/h5-8,12,15H,4H2,1-3H3/b13-11+/t12-/m1/s1. The van der Waals surface area contributed by atoms with Crippen LogP contribution in [-0.2, 0) is 23.1 Å². The van der Waals surface area contributed by atoms with Gasteiger partial charge < -0.3 is 23.6 Å². The summed E-state index contributed by atoms with van der Waals surface area (Å²) in [4.78, 5) is 12.2. The van der Waals surface area contributed by atoms with E-state index in [9.17, 15) is 14.5 Å². The molecule has 0 unspecified atom stereocenters. The Morgan fingerprint density at radius 3 is 2.55 bits per heavy atom. The molecule has 1 aromatic carbocycles. The molecule has 0 radical (unpaired) electrons. The second-order valence-electron chi connectivity index (χ2n) is 4.39. The molecule has 22 heavy (non-hydrogen) atoms. The maximum absolute atomic E-state index is 12.9. The minimum absolute atomic E-state index is 0.126. The van der Waals surface area contributed by atoms with Gasteiger partial charge in [0, 0.05) is 19.8 Å². The lowest BCUT2D eigenvalue weighted by Gasteiger charge is -2.30. The molecule has 1 N–H and O–H groups in total. The van der Waals surface area contributed by atoms with E-state index in [2.05, 4.69) is 0 Å². The van der Waals surface area contributed by atoms with E-state index in [-0.39, 0.29) is 17.9 Å². The Morgan fingerprint density at radius 1 is 1.32 bits per heavy atom. The summed E-state index contributed by atoms with van der Waals surface area (Å²) in [5.41, 5.74) is -1.01. The van der Waals surface area contributed by atoms with Crippen LogP contribution in [0.1, 0.15) is 18.1 Å². The van der Waals surface area contributed by atoms with Crippen LogP contribution in [0.2, 0.25) is 0 Å². The number of hydrogen-bond acceptors (Lipinski definition) is 7. The summed E-state index contributed by atoms with van der Waals surface area (Å²) in [5, 5.41) is 10.0. The molecule has 1 heterocycles. The zero-order valence-electron chi connectivity index (χ0n) is 12.4. The lowest BCUT2D eigenvalue weighted by molar-refractivity contribution is -0.131. The molecule has 1 aliphatic heterocycles. The monoisotopic (exact) mass is 328 g/mol. The van der Waals surface area contributed by atoms with Gasteiger partial charge in [0.05, 0.1) is 6.61 Å². The third kappa shape index (κ3) is 2.75. The molecule has 0 spiro atoms. The number of hydrogen-bond donors (Lipinski definition) is 1. The summed E-state index contributed by atoms with van der Waals surface area (Å²) in [6.45, 7) is 1.77. The molecule has 0 saturated carbocycles. The average Bonchev–Trinajstić information content (AvgIpc) is 2.53. The fourth-order valence-corrected chi connectivity index (χ4v) is 3.91. The number of ether oxygens (including phenoxy) is 2. The highest BCUT2D eigenvalue weighted by molar-refractivity contribution is 7.54. The topological polar surface area (TPSA) is 91.3 Å². The van der Waals surface area contributed by atoms with Crippen molar-refractivity contribution in [1.82, 2.24) is 0 Å². The predicted molar refractivity (Wildman–Crippen MR) is 77.7 cm³/mol. The third-order valence-electron chi connectivity index (χ3n) is 3.25. The Hall–Kier alpha value is -1.82. The van der Waals surface area contributed by atoms with E-state index in [1.807, 2.05) is 0 Å². The fraction of sp³-hybridized carbons (Fsp3) is 0.357. The molecule has 0 fully saturated rings. The highest BCUT2D eigenvalue weighted by Gasteiger charge is 2.48. The van der Waals surface area contributed by atoms with E-state index in [1.165, 1.54) is 14.2 Å². The number of carbonyl (C=O) groups excluding carboxylic acids is 1.